The fourth-order valence-corrected chi connectivity index (χ4v) is 4.26. The van der Waals surface area contributed by atoms with Crippen LogP contribution in [-0.4, -0.2) is 16.2 Å². The maximum Gasteiger partial charge on any atom is 0.287 e. The van der Waals surface area contributed by atoms with Gasteiger partial charge in [-0.1, -0.05) is 50.3 Å². The number of nitrogens with one attached hydrogen (secondary N) is 1. The van der Waals surface area contributed by atoms with E-state index in [1.807, 2.05) is 30.3 Å². The van der Waals surface area contributed by atoms with Crippen LogP contribution in [0.1, 0.15) is 61.3 Å². The summed E-state index contributed by atoms with van der Waals surface area (Å²) < 4.78 is 18.0. The number of amides is 1. The van der Waals surface area contributed by atoms with E-state index in [1.165, 1.54) is 32.1 Å². The molecule has 2 aromatic rings. The maximum atomic E-state index is 12.4. The molecule has 0 saturated heterocycles. The van der Waals surface area contributed by atoms with Crippen LogP contribution in [0.3, 0.4) is 0 Å². The molecular weight excluding hydrogens is 334 g/mol. The quantitative estimate of drug-likeness (QED) is 0.859. The molecule has 1 amide bonds. The van der Waals surface area contributed by atoms with E-state index < -0.39 is 10.8 Å². The molecule has 4 nitrogen and oxygen atoms in total. The minimum absolute atomic E-state index is 0.165. The van der Waals surface area contributed by atoms with Crippen molar-refractivity contribution in [3.05, 3.63) is 54.0 Å². The molecule has 1 aromatic carbocycles. The zero-order valence-electron chi connectivity index (χ0n) is 14.4. The van der Waals surface area contributed by atoms with E-state index in [4.69, 9.17) is 4.42 Å². The number of carbonyl (C=O) groups is 1. The van der Waals surface area contributed by atoms with Gasteiger partial charge >= 0.3 is 0 Å². The number of hydrogen-bond donors (Lipinski definition) is 1. The van der Waals surface area contributed by atoms with Crippen molar-refractivity contribution in [2.24, 2.45) is 0 Å². The Bertz CT molecular complexity index is 703. The molecule has 0 spiro atoms. The number of furan rings is 1. The van der Waals surface area contributed by atoms with Crippen LogP contribution in [0.5, 0.6) is 0 Å². The Kier molecular flexibility index (Phi) is 6.45. The van der Waals surface area contributed by atoms with Crippen molar-refractivity contribution in [1.29, 1.82) is 0 Å². The molecule has 1 heterocycles. The third-order valence-electron chi connectivity index (χ3n) is 4.61. The van der Waals surface area contributed by atoms with Gasteiger partial charge in [0, 0.05) is 10.9 Å². The molecular formula is C20H25NO3S. The molecule has 1 aliphatic rings. The van der Waals surface area contributed by atoms with Gasteiger partial charge in [0.25, 0.3) is 5.91 Å². The summed E-state index contributed by atoms with van der Waals surface area (Å²) >= 11 is 0. The van der Waals surface area contributed by atoms with Crippen molar-refractivity contribution in [3.63, 3.8) is 0 Å². The lowest BCUT2D eigenvalue weighted by Crippen LogP contribution is -2.35. The van der Waals surface area contributed by atoms with Gasteiger partial charge in [0.05, 0.1) is 16.6 Å². The Morgan fingerprint density at radius 1 is 1.00 bits per heavy atom. The van der Waals surface area contributed by atoms with Gasteiger partial charge in [0.2, 0.25) is 0 Å². The molecule has 3 rings (SSSR count). The molecule has 0 unspecified atom stereocenters. The molecule has 134 valence electrons. The van der Waals surface area contributed by atoms with Gasteiger partial charge in [-0.25, -0.2) is 0 Å². The van der Waals surface area contributed by atoms with Gasteiger partial charge in [-0.05, 0) is 37.1 Å². The van der Waals surface area contributed by atoms with E-state index >= 15 is 0 Å². The molecule has 0 bridgehead atoms. The van der Waals surface area contributed by atoms with Crippen molar-refractivity contribution in [1.82, 2.24) is 5.32 Å². The van der Waals surface area contributed by atoms with Crippen molar-refractivity contribution in [2.75, 3.05) is 0 Å². The number of hydrogen-bond acceptors (Lipinski definition) is 3. The summed E-state index contributed by atoms with van der Waals surface area (Å²) in [6.45, 7) is 0. The third kappa shape index (κ3) is 5.30. The van der Waals surface area contributed by atoms with Crippen LogP contribution in [0.25, 0.3) is 0 Å². The second kappa shape index (κ2) is 8.99. The average Bonchev–Trinajstić information content (AvgIpc) is 3.06. The molecule has 5 heteroatoms. The second-order valence-electron chi connectivity index (χ2n) is 6.58. The molecule has 1 aliphatic carbocycles. The van der Waals surface area contributed by atoms with Crippen LogP contribution in [0.2, 0.25) is 0 Å². The SMILES string of the molecule is O=C(NC1CCCCCCC1)c1ccc(C[S@@](=O)c2ccccc2)o1. The second-order valence-corrected chi connectivity index (χ2v) is 8.04. The summed E-state index contributed by atoms with van der Waals surface area (Å²) in [6, 6.07) is 12.9. The summed E-state index contributed by atoms with van der Waals surface area (Å²) in [5.74, 6) is 0.996. The van der Waals surface area contributed by atoms with Gasteiger partial charge in [-0.15, -0.1) is 0 Å². The minimum Gasteiger partial charge on any atom is -0.455 e. The van der Waals surface area contributed by atoms with Crippen LogP contribution >= 0.6 is 0 Å². The molecule has 0 aliphatic heterocycles. The highest BCUT2D eigenvalue weighted by molar-refractivity contribution is 7.84. The predicted molar refractivity (Wildman–Crippen MR) is 98.8 cm³/mol. The fourth-order valence-electron chi connectivity index (χ4n) is 3.22. The molecule has 1 atom stereocenters. The lowest BCUT2D eigenvalue weighted by molar-refractivity contribution is 0.0901. The van der Waals surface area contributed by atoms with Gasteiger partial charge < -0.3 is 9.73 Å². The lowest BCUT2D eigenvalue weighted by atomic mass is 9.97. The zero-order valence-corrected chi connectivity index (χ0v) is 15.2. The van der Waals surface area contributed by atoms with Crippen molar-refractivity contribution >= 4 is 16.7 Å². The highest BCUT2D eigenvalue weighted by Crippen LogP contribution is 2.19. The summed E-state index contributed by atoms with van der Waals surface area (Å²) in [7, 11) is -1.17. The summed E-state index contributed by atoms with van der Waals surface area (Å²) in [4.78, 5) is 13.2. The first-order valence-corrected chi connectivity index (χ1v) is 10.4. The molecule has 1 aromatic heterocycles. The van der Waals surface area contributed by atoms with Crippen LogP contribution < -0.4 is 5.32 Å². The molecule has 1 fully saturated rings. The van der Waals surface area contributed by atoms with E-state index in [9.17, 15) is 9.00 Å². The normalized spacial score (nSPS) is 17.4. The Labute approximate surface area is 151 Å². The Hall–Kier alpha value is -1.88. The van der Waals surface area contributed by atoms with Crippen molar-refractivity contribution in [2.45, 2.75) is 61.6 Å². The van der Waals surface area contributed by atoms with Crippen LogP contribution in [0.4, 0.5) is 0 Å². The predicted octanol–water partition coefficient (Wildman–Crippen LogP) is 4.43. The Morgan fingerprint density at radius 3 is 2.40 bits per heavy atom. The summed E-state index contributed by atoms with van der Waals surface area (Å²) in [5.41, 5.74) is 0. The van der Waals surface area contributed by atoms with Gasteiger partial charge in [-0.3, -0.25) is 9.00 Å². The zero-order chi connectivity index (χ0) is 17.5. The van der Waals surface area contributed by atoms with Gasteiger partial charge in [0.15, 0.2) is 5.76 Å². The average molecular weight is 359 g/mol. The highest BCUT2D eigenvalue weighted by atomic mass is 32.2. The van der Waals surface area contributed by atoms with Gasteiger partial charge in [-0.2, -0.15) is 0 Å². The fraction of sp³-hybridized carbons (Fsp3) is 0.450. The lowest BCUT2D eigenvalue weighted by Gasteiger charge is -2.20. The number of benzene rings is 1. The Morgan fingerprint density at radius 2 is 1.68 bits per heavy atom. The minimum atomic E-state index is -1.17. The van der Waals surface area contributed by atoms with Gasteiger partial charge in [0.1, 0.15) is 5.76 Å². The van der Waals surface area contributed by atoms with Crippen LogP contribution in [0.15, 0.2) is 51.8 Å². The summed E-state index contributed by atoms with van der Waals surface area (Å²) in [6.07, 6.45) is 8.23. The topological polar surface area (TPSA) is 59.3 Å². The monoisotopic (exact) mass is 359 g/mol. The highest BCUT2D eigenvalue weighted by Gasteiger charge is 2.18. The van der Waals surface area contributed by atoms with Crippen molar-refractivity contribution < 1.29 is 13.4 Å². The van der Waals surface area contributed by atoms with Crippen LogP contribution in [-0.2, 0) is 16.6 Å². The number of carbonyl (C=O) groups excluding carboxylic acids is 1. The molecule has 1 saturated carbocycles. The standard InChI is InChI=1S/C20H25NO3S/c22-20(21-16-9-5-2-1-3-6-10-16)19-14-13-17(24-19)15-25(23)18-11-7-4-8-12-18/h4,7-8,11-14,16H,1-3,5-6,9-10,15H2,(H,21,22)/t25-/m1/s1. The van der Waals surface area contributed by atoms with E-state index in [0.29, 0.717) is 11.5 Å². The van der Waals surface area contributed by atoms with E-state index in [1.54, 1.807) is 12.1 Å². The first-order valence-electron chi connectivity index (χ1n) is 9.05. The van der Waals surface area contributed by atoms with Crippen LogP contribution in [0, 0.1) is 0 Å². The maximum absolute atomic E-state index is 12.4. The largest absolute Gasteiger partial charge is 0.455 e. The van der Waals surface area contributed by atoms with E-state index in [2.05, 4.69) is 5.32 Å². The summed E-state index contributed by atoms with van der Waals surface area (Å²) in [5, 5.41) is 3.09. The van der Waals surface area contributed by atoms with Crippen molar-refractivity contribution in [3.8, 4) is 0 Å². The molecule has 1 N–H and O–H groups in total. The number of rotatable bonds is 5. The molecule has 25 heavy (non-hydrogen) atoms. The smallest absolute Gasteiger partial charge is 0.287 e. The third-order valence-corrected chi connectivity index (χ3v) is 5.95. The first kappa shape index (κ1) is 17.9. The van der Waals surface area contributed by atoms with E-state index in [-0.39, 0.29) is 17.7 Å². The molecule has 0 radical (unpaired) electrons. The van der Waals surface area contributed by atoms with E-state index in [0.717, 1.165) is 17.7 Å². The first-order chi connectivity index (χ1) is 12.2. The Balaban J connectivity index is 1.56.